The van der Waals surface area contributed by atoms with Crippen LogP contribution in [0.25, 0.3) is 5.57 Å². The molecule has 1 aliphatic rings. The summed E-state index contributed by atoms with van der Waals surface area (Å²) in [6, 6.07) is 17.5. The number of hydrogen-bond acceptors (Lipinski definition) is 4. The Morgan fingerprint density at radius 3 is 2.49 bits per heavy atom. The first-order valence-electron chi connectivity index (χ1n) is 13.5. The van der Waals surface area contributed by atoms with Gasteiger partial charge in [-0.25, -0.2) is 0 Å². The van der Waals surface area contributed by atoms with Crippen LogP contribution in [0.5, 0.6) is 0 Å². The average Bonchev–Trinajstić information content (AvgIpc) is 3.00. The zero-order chi connectivity index (χ0) is 24.9. The van der Waals surface area contributed by atoms with Crippen LogP contribution in [-0.2, 0) is 15.3 Å². The van der Waals surface area contributed by atoms with Crippen LogP contribution < -0.4 is 0 Å². The summed E-state index contributed by atoms with van der Waals surface area (Å²) in [5.74, 6) is 0.956. The number of fused-ring (bicyclic) bond motifs is 2. The van der Waals surface area contributed by atoms with E-state index in [2.05, 4.69) is 73.5 Å². The number of ether oxygens (including phenoxy) is 1. The number of esters is 1. The molecule has 35 heavy (non-hydrogen) atoms. The van der Waals surface area contributed by atoms with Gasteiger partial charge in [-0.15, -0.1) is 11.8 Å². The molecule has 3 rings (SSSR count). The summed E-state index contributed by atoms with van der Waals surface area (Å²) in [4.78, 5) is 15.8. The second-order valence-electron chi connectivity index (χ2n) is 9.78. The maximum absolute atomic E-state index is 12.2. The number of rotatable bonds is 14. The predicted molar refractivity (Wildman–Crippen MR) is 150 cm³/mol. The van der Waals surface area contributed by atoms with Crippen LogP contribution in [-0.4, -0.2) is 37.1 Å². The topological polar surface area (TPSA) is 29.5 Å². The van der Waals surface area contributed by atoms with E-state index in [-0.39, 0.29) is 12.1 Å². The van der Waals surface area contributed by atoms with Gasteiger partial charge in [0.05, 0.1) is 0 Å². The van der Waals surface area contributed by atoms with Gasteiger partial charge in [0.1, 0.15) is 6.10 Å². The van der Waals surface area contributed by atoms with Gasteiger partial charge in [0.2, 0.25) is 0 Å². The number of benzene rings is 2. The quantitative estimate of drug-likeness (QED) is 0.196. The number of carbonyl (C=O) groups is 1. The van der Waals surface area contributed by atoms with Crippen LogP contribution in [0, 0.1) is 0 Å². The molecule has 0 fully saturated rings. The fourth-order valence-corrected chi connectivity index (χ4v) is 5.82. The maximum atomic E-state index is 12.2. The van der Waals surface area contributed by atoms with Crippen molar-refractivity contribution in [1.82, 2.24) is 4.90 Å². The largest absolute Gasteiger partial charge is 0.461 e. The fraction of sp³-hybridized carbons (Fsp3) is 0.516. The van der Waals surface area contributed by atoms with Crippen molar-refractivity contribution in [3.05, 3.63) is 71.3 Å². The number of nitrogens with zero attached hydrogens (tertiary/aromatic N) is 1. The third-order valence-electron chi connectivity index (χ3n) is 6.61. The first kappa shape index (κ1) is 27.5. The third kappa shape index (κ3) is 9.16. The third-order valence-corrected chi connectivity index (χ3v) is 7.74. The average molecular weight is 494 g/mol. The number of carbonyl (C=O) groups excluding carboxylic acids is 1. The van der Waals surface area contributed by atoms with Crippen molar-refractivity contribution in [2.45, 2.75) is 88.4 Å². The van der Waals surface area contributed by atoms with Crippen molar-refractivity contribution < 1.29 is 9.53 Å². The zero-order valence-electron chi connectivity index (χ0n) is 21.9. The Balaban J connectivity index is 1.45. The molecule has 190 valence electrons. The summed E-state index contributed by atoms with van der Waals surface area (Å²) in [5.41, 5.74) is 5.41. The second kappa shape index (κ2) is 15.2. The number of thioether (sulfide) groups is 1. The highest BCUT2D eigenvalue weighted by Gasteiger charge is 2.18. The van der Waals surface area contributed by atoms with Gasteiger partial charge in [-0.1, -0.05) is 94.0 Å². The molecule has 1 aliphatic heterocycles. The number of likely N-dealkylation sites (N-methyl/N-ethyl adjacent to an activating group) is 1. The van der Waals surface area contributed by atoms with E-state index in [1.807, 2.05) is 18.7 Å². The van der Waals surface area contributed by atoms with Gasteiger partial charge in [0.25, 0.3) is 0 Å². The zero-order valence-corrected chi connectivity index (χ0v) is 22.7. The molecule has 0 saturated carbocycles. The minimum Gasteiger partial charge on any atom is -0.461 e. The van der Waals surface area contributed by atoms with Crippen molar-refractivity contribution in [3.8, 4) is 0 Å². The highest BCUT2D eigenvalue weighted by atomic mass is 32.2. The Kier molecular flexibility index (Phi) is 11.9. The van der Waals surface area contributed by atoms with Gasteiger partial charge in [0.15, 0.2) is 0 Å². The van der Waals surface area contributed by atoms with Gasteiger partial charge < -0.3 is 9.64 Å². The fourth-order valence-electron chi connectivity index (χ4n) is 4.75. The molecule has 0 aromatic heterocycles. The van der Waals surface area contributed by atoms with Gasteiger partial charge >= 0.3 is 5.97 Å². The molecule has 0 aliphatic carbocycles. The lowest BCUT2D eigenvalue weighted by Crippen LogP contribution is -2.31. The molecule has 3 nitrogen and oxygen atoms in total. The van der Waals surface area contributed by atoms with E-state index in [0.29, 0.717) is 6.42 Å². The molecule has 1 heterocycles. The summed E-state index contributed by atoms with van der Waals surface area (Å²) < 4.78 is 5.67. The summed E-state index contributed by atoms with van der Waals surface area (Å²) in [6.45, 7) is 5.93. The molecule has 2 aromatic carbocycles. The number of hydrogen-bond donors (Lipinski definition) is 0. The SMILES string of the molecule is CCCCCCCCCC(=O)O[C@@H](C)CN(C)CC/C=C1/c2ccccc2CSc2ccccc21. The molecular formula is C31H43NO2S. The van der Waals surface area contributed by atoms with Gasteiger partial charge in [-0.2, -0.15) is 0 Å². The van der Waals surface area contributed by atoms with E-state index in [1.165, 1.54) is 59.3 Å². The van der Waals surface area contributed by atoms with Crippen molar-refractivity contribution in [2.24, 2.45) is 0 Å². The lowest BCUT2D eigenvalue weighted by atomic mass is 9.93. The standard InChI is InChI=1S/C31H43NO2S/c1-4-5-6-7-8-9-10-21-31(33)34-25(2)23-32(3)22-15-19-28-27-17-12-11-16-26(27)24-35-30-20-14-13-18-29(28)30/h11-14,16-20,25H,4-10,15,21-24H2,1-3H3/b28-19-/t25-/m0/s1. The summed E-state index contributed by atoms with van der Waals surface area (Å²) in [5, 5.41) is 0. The summed E-state index contributed by atoms with van der Waals surface area (Å²) in [7, 11) is 2.12. The van der Waals surface area contributed by atoms with E-state index in [4.69, 9.17) is 4.74 Å². The smallest absolute Gasteiger partial charge is 0.306 e. The lowest BCUT2D eigenvalue weighted by Gasteiger charge is -2.21. The minimum absolute atomic E-state index is 0.0502. The Morgan fingerprint density at radius 2 is 1.69 bits per heavy atom. The van der Waals surface area contributed by atoms with Crippen molar-refractivity contribution in [1.29, 1.82) is 0 Å². The first-order chi connectivity index (χ1) is 17.1. The van der Waals surface area contributed by atoms with Gasteiger partial charge in [-0.05, 0) is 55.1 Å². The molecule has 0 spiro atoms. The normalized spacial score (nSPS) is 14.9. The van der Waals surface area contributed by atoms with Gasteiger partial charge in [0, 0.05) is 30.2 Å². The van der Waals surface area contributed by atoms with E-state index in [1.54, 1.807) is 0 Å². The molecule has 0 bridgehead atoms. The van der Waals surface area contributed by atoms with E-state index >= 15 is 0 Å². The molecule has 0 amide bonds. The van der Waals surface area contributed by atoms with Crippen molar-refractivity contribution in [3.63, 3.8) is 0 Å². The molecule has 2 aromatic rings. The Labute approximate surface area is 217 Å². The maximum Gasteiger partial charge on any atom is 0.306 e. The Morgan fingerprint density at radius 1 is 1.00 bits per heavy atom. The Hall–Kier alpha value is -2.04. The van der Waals surface area contributed by atoms with Crippen LogP contribution in [0.15, 0.2) is 59.5 Å². The lowest BCUT2D eigenvalue weighted by molar-refractivity contribution is -0.149. The molecule has 4 heteroatoms. The van der Waals surface area contributed by atoms with Crippen LogP contribution >= 0.6 is 11.8 Å². The number of unbranched alkanes of at least 4 members (excludes halogenated alkanes) is 6. The van der Waals surface area contributed by atoms with Crippen LogP contribution in [0.3, 0.4) is 0 Å². The van der Waals surface area contributed by atoms with Crippen LogP contribution in [0.2, 0.25) is 0 Å². The van der Waals surface area contributed by atoms with Crippen LogP contribution in [0.1, 0.15) is 88.3 Å². The van der Waals surface area contributed by atoms with Gasteiger partial charge in [-0.3, -0.25) is 4.79 Å². The second-order valence-corrected chi connectivity index (χ2v) is 10.8. The van der Waals surface area contributed by atoms with E-state index < -0.39 is 0 Å². The van der Waals surface area contributed by atoms with E-state index in [9.17, 15) is 4.79 Å². The monoisotopic (exact) mass is 493 g/mol. The van der Waals surface area contributed by atoms with E-state index in [0.717, 1.165) is 38.1 Å². The summed E-state index contributed by atoms with van der Waals surface area (Å²) >= 11 is 1.92. The molecule has 0 saturated heterocycles. The minimum atomic E-state index is -0.0829. The highest BCUT2D eigenvalue weighted by Crippen LogP contribution is 2.40. The van der Waals surface area contributed by atoms with Crippen molar-refractivity contribution in [2.75, 3.05) is 20.1 Å². The first-order valence-corrected chi connectivity index (χ1v) is 14.5. The Bertz CT molecular complexity index is 905. The molecule has 0 radical (unpaired) electrons. The highest BCUT2D eigenvalue weighted by molar-refractivity contribution is 7.98. The van der Waals surface area contributed by atoms with Crippen molar-refractivity contribution >= 4 is 23.3 Å². The molecule has 1 atom stereocenters. The molecule has 0 unspecified atom stereocenters. The molecular weight excluding hydrogens is 450 g/mol. The molecule has 0 N–H and O–H groups in total. The summed E-state index contributed by atoms with van der Waals surface area (Å²) in [6.07, 6.45) is 12.3. The predicted octanol–water partition coefficient (Wildman–Crippen LogP) is 8.12. The van der Waals surface area contributed by atoms with Crippen LogP contribution in [0.4, 0.5) is 0 Å².